The average molecular weight is 887 g/mol. The van der Waals surface area contributed by atoms with E-state index in [0.717, 1.165) is 0 Å². The Morgan fingerprint density at radius 1 is 0.373 bits per heavy atom. The van der Waals surface area contributed by atoms with Gasteiger partial charge >= 0.3 is 0 Å². The highest BCUT2D eigenvalue weighted by atomic mass is 32.1. The van der Waals surface area contributed by atoms with Gasteiger partial charge in [-0.2, -0.15) is 0 Å². The van der Waals surface area contributed by atoms with Crippen LogP contribution in [0.5, 0.6) is 0 Å². The van der Waals surface area contributed by atoms with Crippen LogP contribution in [-0.4, -0.2) is 0 Å². The van der Waals surface area contributed by atoms with E-state index in [1.165, 1.54) is 135 Å². The molecule has 1 unspecified atom stereocenters. The summed E-state index contributed by atoms with van der Waals surface area (Å²) in [5.74, 6) is 0.135. The maximum atomic E-state index is 2.65. The van der Waals surface area contributed by atoms with E-state index < -0.39 is 5.41 Å². The highest BCUT2D eigenvalue weighted by Crippen LogP contribution is 2.66. The highest BCUT2D eigenvalue weighted by Gasteiger charge is 2.51. The van der Waals surface area contributed by atoms with E-state index in [9.17, 15) is 0 Å². The molecule has 0 bridgehead atoms. The second-order valence-corrected chi connectivity index (χ2v) is 21.5. The SMILES string of the molecule is CC1(C)c2ccccc2-c2c1cc(C1=C(c3cccc4c3sc3c5ccccc5ccc43)C1c1ccc3c(c1)sc1ccccc13)cc2C1(c2ccccc2)c2ccccc2-c2ccccc21. The van der Waals surface area contributed by atoms with Crippen molar-refractivity contribution in [3.8, 4) is 22.3 Å². The third kappa shape index (κ3) is 5.02. The molecule has 10 aromatic carbocycles. The van der Waals surface area contributed by atoms with Crippen LogP contribution in [-0.2, 0) is 10.8 Å². The lowest BCUT2D eigenvalue weighted by Crippen LogP contribution is -2.30. The monoisotopic (exact) mass is 886 g/mol. The van der Waals surface area contributed by atoms with Crippen molar-refractivity contribution < 1.29 is 0 Å². The molecule has 314 valence electrons. The lowest BCUT2D eigenvalue weighted by atomic mass is 9.65. The number of hydrogen-bond donors (Lipinski definition) is 0. The maximum absolute atomic E-state index is 2.65. The summed E-state index contributed by atoms with van der Waals surface area (Å²) in [7, 11) is 0. The predicted octanol–water partition coefficient (Wildman–Crippen LogP) is 18.0. The summed E-state index contributed by atoms with van der Waals surface area (Å²) in [4.78, 5) is 0. The number of benzene rings is 10. The first kappa shape index (κ1) is 37.8. The molecule has 0 nitrogen and oxygen atoms in total. The van der Waals surface area contributed by atoms with Gasteiger partial charge in [-0.05, 0) is 119 Å². The van der Waals surface area contributed by atoms with E-state index in [0.29, 0.717) is 0 Å². The minimum atomic E-state index is -0.560. The summed E-state index contributed by atoms with van der Waals surface area (Å²) in [5.41, 5.74) is 19.7. The minimum Gasteiger partial charge on any atom is -0.135 e. The first-order valence-corrected chi connectivity index (χ1v) is 25.2. The largest absolute Gasteiger partial charge is 0.135 e. The molecule has 0 spiro atoms. The van der Waals surface area contributed by atoms with Gasteiger partial charge in [0.05, 0.1) is 5.41 Å². The fraction of sp³-hybridized carbons (Fsp3) is 0.0769. The molecule has 2 heteroatoms. The average Bonchev–Trinajstić information content (AvgIpc) is 3.56. The van der Waals surface area contributed by atoms with Crippen molar-refractivity contribution >= 4 is 84.9 Å². The van der Waals surface area contributed by atoms with Gasteiger partial charge in [0.1, 0.15) is 0 Å². The summed E-state index contributed by atoms with van der Waals surface area (Å²) in [6, 6.07) is 81.1. The molecule has 0 N–H and O–H groups in total. The molecule has 2 aromatic heterocycles. The number of thiophene rings is 2. The van der Waals surface area contributed by atoms with Crippen LogP contribution < -0.4 is 0 Å². The van der Waals surface area contributed by atoms with E-state index in [1.54, 1.807) is 0 Å². The molecule has 0 amide bonds. The summed E-state index contributed by atoms with van der Waals surface area (Å²) >= 11 is 3.89. The van der Waals surface area contributed by atoms with E-state index in [1.807, 2.05) is 22.7 Å². The number of allylic oxidation sites excluding steroid dienone is 2. The Morgan fingerprint density at radius 2 is 0.970 bits per heavy atom. The summed E-state index contributed by atoms with van der Waals surface area (Å²) in [6.45, 7) is 4.91. The summed E-state index contributed by atoms with van der Waals surface area (Å²) in [6.07, 6.45) is 0. The second-order valence-electron chi connectivity index (χ2n) is 19.4. The van der Waals surface area contributed by atoms with E-state index in [2.05, 4.69) is 226 Å². The number of rotatable bonds is 5. The zero-order chi connectivity index (χ0) is 44.2. The van der Waals surface area contributed by atoms with Crippen LogP contribution in [0, 0.1) is 0 Å². The molecule has 3 aliphatic rings. The predicted molar refractivity (Wildman–Crippen MR) is 287 cm³/mol. The van der Waals surface area contributed by atoms with Crippen molar-refractivity contribution in [3.05, 3.63) is 262 Å². The summed E-state index contributed by atoms with van der Waals surface area (Å²) < 4.78 is 5.44. The molecule has 0 aliphatic heterocycles. The van der Waals surface area contributed by atoms with Crippen LogP contribution in [0.15, 0.2) is 212 Å². The molecule has 0 fully saturated rings. The Morgan fingerprint density at radius 3 is 1.78 bits per heavy atom. The fourth-order valence-corrected chi connectivity index (χ4v) is 15.3. The number of hydrogen-bond acceptors (Lipinski definition) is 2. The van der Waals surface area contributed by atoms with Crippen molar-refractivity contribution in [2.75, 3.05) is 0 Å². The Labute approximate surface area is 397 Å². The van der Waals surface area contributed by atoms with Gasteiger partial charge in [0, 0.05) is 51.7 Å². The van der Waals surface area contributed by atoms with Crippen molar-refractivity contribution in [1.29, 1.82) is 0 Å². The van der Waals surface area contributed by atoms with Crippen LogP contribution in [0.25, 0.3) is 84.5 Å². The zero-order valence-corrected chi connectivity index (χ0v) is 38.7. The van der Waals surface area contributed by atoms with Gasteiger partial charge in [-0.1, -0.05) is 202 Å². The fourth-order valence-electron chi connectivity index (χ4n) is 12.8. The molecular formula is C65H42S2. The Balaban J connectivity index is 1.06. The molecule has 2 heterocycles. The first-order chi connectivity index (χ1) is 33.0. The van der Waals surface area contributed by atoms with E-state index in [4.69, 9.17) is 0 Å². The van der Waals surface area contributed by atoms with Crippen LogP contribution in [0.4, 0.5) is 0 Å². The van der Waals surface area contributed by atoms with Crippen molar-refractivity contribution in [2.45, 2.75) is 30.6 Å². The standard InChI is InChI=1S/C65H42S2/c1-64(2)51-27-12-10-24-49(51)60-54(64)35-40(36-55(60)65(41-18-4-3-5-19-41)52-28-13-8-21-43(52)44-22-9-14-29-53(44)65)59-58(39-32-33-46-45-23-11-15-30-56(45)66-57(46)37-39)61(59)50-26-16-25-47-48-34-31-38-17-6-7-20-42(38)62(48)67-63(47)50/h3-37,58H,1-2H3. The molecule has 0 radical (unpaired) electrons. The maximum Gasteiger partial charge on any atom is 0.0719 e. The summed E-state index contributed by atoms with van der Waals surface area (Å²) in [5, 5.41) is 7.99. The molecule has 0 saturated heterocycles. The van der Waals surface area contributed by atoms with Gasteiger partial charge in [-0.15, -0.1) is 22.7 Å². The van der Waals surface area contributed by atoms with Gasteiger partial charge in [0.2, 0.25) is 0 Å². The Bertz CT molecular complexity index is 4090. The second kappa shape index (κ2) is 13.6. The molecular weight excluding hydrogens is 845 g/mol. The van der Waals surface area contributed by atoms with Gasteiger partial charge in [-0.25, -0.2) is 0 Å². The number of fused-ring (bicyclic) bond motifs is 14. The topological polar surface area (TPSA) is 0 Å². The molecule has 12 aromatic rings. The Kier molecular flexibility index (Phi) is 7.68. The highest BCUT2D eigenvalue weighted by molar-refractivity contribution is 7.27. The van der Waals surface area contributed by atoms with Crippen molar-refractivity contribution in [3.63, 3.8) is 0 Å². The molecule has 0 saturated carbocycles. The first-order valence-electron chi connectivity index (χ1n) is 23.5. The zero-order valence-electron chi connectivity index (χ0n) is 37.1. The third-order valence-corrected chi connectivity index (χ3v) is 18.2. The van der Waals surface area contributed by atoms with Crippen molar-refractivity contribution in [2.24, 2.45) is 0 Å². The van der Waals surface area contributed by atoms with Gasteiger partial charge < -0.3 is 0 Å². The van der Waals surface area contributed by atoms with Gasteiger partial charge in [-0.3, -0.25) is 0 Å². The third-order valence-electron chi connectivity index (χ3n) is 15.8. The van der Waals surface area contributed by atoms with Crippen molar-refractivity contribution in [1.82, 2.24) is 0 Å². The van der Waals surface area contributed by atoms with Gasteiger partial charge in [0.25, 0.3) is 0 Å². The van der Waals surface area contributed by atoms with Gasteiger partial charge in [0.15, 0.2) is 0 Å². The molecule has 67 heavy (non-hydrogen) atoms. The smallest absolute Gasteiger partial charge is 0.0719 e. The van der Waals surface area contributed by atoms with E-state index >= 15 is 0 Å². The quantitative estimate of drug-likeness (QED) is 0.162. The van der Waals surface area contributed by atoms with Crippen LogP contribution >= 0.6 is 22.7 Å². The normalized spacial score (nSPS) is 16.2. The van der Waals surface area contributed by atoms with Crippen LogP contribution in [0.1, 0.15) is 69.8 Å². The lowest BCUT2D eigenvalue weighted by molar-refractivity contribution is 0.658. The molecule has 15 rings (SSSR count). The lowest BCUT2D eigenvalue weighted by Gasteiger charge is -2.36. The van der Waals surface area contributed by atoms with Crippen LogP contribution in [0.3, 0.4) is 0 Å². The molecule has 1 atom stereocenters. The Hall–Kier alpha value is -7.36. The molecule has 3 aliphatic carbocycles. The minimum absolute atomic E-state index is 0.135. The van der Waals surface area contributed by atoms with Crippen LogP contribution in [0.2, 0.25) is 0 Å². The van der Waals surface area contributed by atoms with E-state index in [-0.39, 0.29) is 11.3 Å².